The van der Waals surface area contributed by atoms with E-state index in [9.17, 15) is 0 Å². The minimum absolute atomic E-state index is 0.0103. The molecule has 0 unspecified atom stereocenters. The van der Waals surface area contributed by atoms with Crippen molar-refractivity contribution in [3.63, 3.8) is 0 Å². The van der Waals surface area contributed by atoms with Crippen LogP contribution in [0.25, 0.3) is 22.3 Å². The predicted octanol–water partition coefficient (Wildman–Crippen LogP) is 3.13. The van der Waals surface area contributed by atoms with E-state index >= 15 is 0 Å². The zero-order valence-electron chi connectivity index (χ0n) is 15.7. The maximum atomic E-state index is 5.76. The van der Waals surface area contributed by atoms with Crippen LogP contribution in [0, 0.1) is 0 Å². The Morgan fingerprint density at radius 3 is 2.69 bits per heavy atom. The van der Waals surface area contributed by atoms with Gasteiger partial charge in [-0.25, -0.2) is 9.50 Å². The number of aliphatic imine (C=N–C) groups is 1. The summed E-state index contributed by atoms with van der Waals surface area (Å²) in [6.45, 7) is 6.58. The lowest BCUT2D eigenvalue weighted by atomic mass is 9.96. The topological polar surface area (TPSA) is 86.4 Å². The Bertz CT molecular complexity index is 957. The summed E-state index contributed by atoms with van der Waals surface area (Å²) in [6, 6.07) is 1.95. The van der Waals surface area contributed by atoms with Crippen molar-refractivity contribution in [2.24, 2.45) is 10.7 Å². The first-order chi connectivity index (χ1) is 12.6. The largest absolute Gasteiger partial charge is 0.404 e. The second-order valence-electron chi connectivity index (χ2n) is 6.52. The van der Waals surface area contributed by atoms with Crippen molar-refractivity contribution in [2.45, 2.75) is 39.2 Å². The van der Waals surface area contributed by atoms with Gasteiger partial charge in [-0.2, -0.15) is 10.2 Å². The Balaban J connectivity index is 2.16. The van der Waals surface area contributed by atoms with E-state index in [0.29, 0.717) is 5.69 Å². The zero-order valence-corrected chi connectivity index (χ0v) is 15.7. The number of hydrogen-bond acceptors (Lipinski definition) is 5. The van der Waals surface area contributed by atoms with Gasteiger partial charge in [0.1, 0.15) is 0 Å². The average molecular weight is 351 g/mol. The summed E-state index contributed by atoms with van der Waals surface area (Å²) in [4.78, 5) is 8.88. The Morgan fingerprint density at radius 1 is 1.27 bits per heavy atom. The molecule has 0 radical (unpaired) electrons. The van der Waals surface area contributed by atoms with Crippen LogP contribution in [0.5, 0.6) is 0 Å². The summed E-state index contributed by atoms with van der Waals surface area (Å²) >= 11 is 0. The van der Waals surface area contributed by atoms with Gasteiger partial charge >= 0.3 is 0 Å². The third kappa shape index (κ3) is 3.00. The molecular weight excluding hydrogens is 326 g/mol. The molecule has 0 aliphatic heterocycles. The molecule has 3 aromatic rings. The molecule has 2 N–H and O–H groups in total. The molecule has 0 fully saturated rings. The van der Waals surface area contributed by atoms with Crippen molar-refractivity contribution < 1.29 is 0 Å². The average Bonchev–Trinajstić information content (AvgIpc) is 3.34. The molecule has 0 aromatic carbocycles. The van der Waals surface area contributed by atoms with Crippen LogP contribution < -0.4 is 5.73 Å². The lowest BCUT2D eigenvalue weighted by Crippen LogP contribution is -2.28. The molecule has 7 heteroatoms. The number of fused-ring (bicyclic) bond motifs is 1. The number of nitrogens with zero attached hydrogens (tertiary/aromatic N) is 6. The van der Waals surface area contributed by atoms with Gasteiger partial charge in [-0.1, -0.05) is 13.8 Å². The van der Waals surface area contributed by atoms with Gasteiger partial charge in [0.2, 0.25) is 0 Å². The summed E-state index contributed by atoms with van der Waals surface area (Å²) < 4.78 is 3.84. The molecule has 136 valence electrons. The predicted molar refractivity (Wildman–Crippen MR) is 105 cm³/mol. The maximum absolute atomic E-state index is 5.76. The SMILES string of the molecule is CCC(C)(CC)n1cc(-c2nc(C(C=NC)=CN)cn3nccc23)cn1. The molecule has 0 saturated carbocycles. The highest BCUT2D eigenvalue weighted by atomic mass is 15.3. The fraction of sp³-hybridized carbons (Fsp3) is 0.368. The van der Waals surface area contributed by atoms with Crippen molar-refractivity contribution >= 4 is 17.3 Å². The Morgan fingerprint density at radius 2 is 2.04 bits per heavy atom. The van der Waals surface area contributed by atoms with Crippen molar-refractivity contribution in [2.75, 3.05) is 7.05 Å². The molecule has 0 spiro atoms. The fourth-order valence-electron chi connectivity index (χ4n) is 2.93. The molecule has 3 aromatic heterocycles. The third-order valence-electron chi connectivity index (χ3n) is 5.07. The minimum Gasteiger partial charge on any atom is -0.404 e. The van der Waals surface area contributed by atoms with E-state index < -0.39 is 0 Å². The van der Waals surface area contributed by atoms with E-state index in [1.54, 1.807) is 24.0 Å². The van der Waals surface area contributed by atoms with E-state index in [0.717, 1.165) is 35.2 Å². The van der Waals surface area contributed by atoms with E-state index in [4.69, 9.17) is 10.7 Å². The molecule has 7 nitrogen and oxygen atoms in total. The lowest BCUT2D eigenvalue weighted by Gasteiger charge is -2.27. The van der Waals surface area contributed by atoms with Crippen molar-refractivity contribution in [3.05, 3.63) is 42.7 Å². The number of nitrogens with two attached hydrogens (primary N) is 1. The first-order valence-electron chi connectivity index (χ1n) is 8.80. The highest BCUT2D eigenvalue weighted by Crippen LogP contribution is 2.29. The first-order valence-corrected chi connectivity index (χ1v) is 8.80. The van der Waals surface area contributed by atoms with Crippen LogP contribution in [-0.2, 0) is 5.54 Å². The van der Waals surface area contributed by atoms with Crippen molar-refractivity contribution in [1.82, 2.24) is 24.4 Å². The Hall–Kier alpha value is -2.96. The monoisotopic (exact) mass is 351 g/mol. The molecule has 0 amide bonds. The molecule has 0 aliphatic carbocycles. The first kappa shape index (κ1) is 17.8. The second-order valence-corrected chi connectivity index (χ2v) is 6.52. The molecule has 26 heavy (non-hydrogen) atoms. The Labute approximate surface area is 153 Å². The normalized spacial score (nSPS) is 13.2. The summed E-state index contributed by atoms with van der Waals surface area (Å²) in [6.07, 6.45) is 12.7. The van der Waals surface area contributed by atoms with Crippen LogP contribution in [-0.4, -0.2) is 37.6 Å². The van der Waals surface area contributed by atoms with Crippen molar-refractivity contribution in [1.29, 1.82) is 0 Å². The number of hydrogen-bond donors (Lipinski definition) is 1. The Kier molecular flexibility index (Phi) is 4.88. The highest BCUT2D eigenvalue weighted by Gasteiger charge is 2.24. The van der Waals surface area contributed by atoms with Crippen LogP contribution in [0.15, 0.2) is 42.0 Å². The minimum atomic E-state index is -0.0103. The fourth-order valence-corrected chi connectivity index (χ4v) is 2.93. The van der Waals surface area contributed by atoms with Crippen LogP contribution in [0.1, 0.15) is 39.3 Å². The molecule has 0 saturated heterocycles. The number of aromatic nitrogens is 5. The smallest absolute Gasteiger partial charge is 0.0999 e. The van der Waals surface area contributed by atoms with Gasteiger partial charge < -0.3 is 5.73 Å². The molecule has 0 bridgehead atoms. The standard InChI is InChI=1S/C19H25N7/c1-5-19(3,6-2)26-12-15(11-23-26)18-17-7-8-22-25(17)13-16(24-18)14(9-20)10-21-4/h7-13H,5-6,20H2,1-4H3. The van der Waals surface area contributed by atoms with E-state index in [1.165, 1.54) is 6.20 Å². The summed E-state index contributed by atoms with van der Waals surface area (Å²) in [7, 11) is 1.71. The third-order valence-corrected chi connectivity index (χ3v) is 5.07. The van der Waals surface area contributed by atoms with Gasteiger partial charge in [0.25, 0.3) is 0 Å². The quantitative estimate of drug-likeness (QED) is 0.691. The number of rotatable bonds is 6. The van der Waals surface area contributed by atoms with Gasteiger partial charge in [-0.15, -0.1) is 0 Å². The van der Waals surface area contributed by atoms with Gasteiger partial charge in [-0.05, 0) is 25.8 Å². The highest BCUT2D eigenvalue weighted by molar-refractivity contribution is 6.09. The van der Waals surface area contributed by atoms with Crippen LogP contribution in [0.3, 0.4) is 0 Å². The number of allylic oxidation sites excluding steroid dienone is 1. The van der Waals surface area contributed by atoms with Crippen LogP contribution in [0.4, 0.5) is 0 Å². The van der Waals surface area contributed by atoms with Gasteiger partial charge in [0.15, 0.2) is 0 Å². The van der Waals surface area contributed by atoms with E-state index in [2.05, 4.69) is 42.2 Å². The van der Waals surface area contributed by atoms with Gasteiger partial charge in [0.05, 0.1) is 41.0 Å². The molecule has 0 aliphatic rings. The second kappa shape index (κ2) is 7.11. The van der Waals surface area contributed by atoms with Gasteiger partial charge in [-0.3, -0.25) is 9.67 Å². The molecule has 0 atom stereocenters. The van der Waals surface area contributed by atoms with E-state index in [1.807, 2.05) is 23.1 Å². The van der Waals surface area contributed by atoms with Gasteiger partial charge in [0, 0.05) is 36.8 Å². The zero-order chi connectivity index (χ0) is 18.7. The summed E-state index contributed by atoms with van der Waals surface area (Å²) in [5.74, 6) is 0. The van der Waals surface area contributed by atoms with Crippen LogP contribution >= 0.6 is 0 Å². The van der Waals surface area contributed by atoms with Crippen molar-refractivity contribution in [3.8, 4) is 11.3 Å². The van der Waals surface area contributed by atoms with E-state index in [-0.39, 0.29) is 5.54 Å². The summed E-state index contributed by atoms with van der Waals surface area (Å²) in [5, 5.41) is 8.98. The summed E-state index contributed by atoms with van der Waals surface area (Å²) in [5.41, 5.74) is 9.90. The molecule has 3 heterocycles. The van der Waals surface area contributed by atoms with Crippen LogP contribution in [0.2, 0.25) is 0 Å². The molecular formula is C19H25N7. The molecule has 3 rings (SSSR count). The maximum Gasteiger partial charge on any atom is 0.0999 e. The lowest BCUT2D eigenvalue weighted by molar-refractivity contribution is 0.265.